The Labute approximate surface area is 221 Å². The van der Waals surface area contributed by atoms with Gasteiger partial charge >= 0.3 is 0 Å². The van der Waals surface area contributed by atoms with Gasteiger partial charge in [-0.1, -0.05) is 61.1 Å². The lowest BCUT2D eigenvalue weighted by atomic mass is 9.97. The number of thiocarbonyl (C=S) groups is 1. The van der Waals surface area contributed by atoms with Crippen LogP contribution in [0.3, 0.4) is 0 Å². The number of halogens is 1. The summed E-state index contributed by atoms with van der Waals surface area (Å²) in [6.07, 6.45) is 0.437. The van der Waals surface area contributed by atoms with Crippen molar-refractivity contribution in [3.8, 4) is 0 Å². The lowest BCUT2D eigenvalue weighted by molar-refractivity contribution is -0.242. The van der Waals surface area contributed by atoms with E-state index in [9.17, 15) is 15.3 Å². The van der Waals surface area contributed by atoms with Crippen molar-refractivity contribution < 1.29 is 20.1 Å². The number of benzene rings is 2. The lowest BCUT2D eigenvalue weighted by Crippen LogP contribution is -2.58. The molecule has 2 aromatic carbocycles. The molecule has 36 heavy (non-hydrogen) atoms. The van der Waals surface area contributed by atoms with Crippen molar-refractivity contribution in [1.29, 1.82) is 0 Å². The Morgan fingerprint density at radius 2 is 1.83 bits per heavy atom. The quantitative estimate of drug-likeness (QED) is 0.313. The summed E-state index contributed by atoms with van der Waals surface area (Å²) in [5.41, 5.74) is 4.38. The van der Waals surface area contributed by atoms with Crippen LogP contribution in [0.2, 0.25) is 5.02 Å². The summed E-state index contributed by atoms with van der Waals surface area (Å²) in [6, 6.07) is 14.4. The van der Waals surface area contributed by atoms with Crippen LogP contribution in [0.4, 0.5) is 0 Å². The minimum absolute atomic E-state index is 0.293. The second-order valence-corrected chi connectivity index (χ2v) is 10.9. The van der Waals surface area contributed by atoms with Gasteiger partial charge in [-0.2, -0.15) is 0 Å². The Morgan fingerprint density at radius 3 is 2.53 bits per heavy atom. The highest BCUT2D eigenvalue weighted by molar-refractivity contribution is 7.80. The molecule has 1 aliphatic heterocycles. The largest absolute Gasteiger partial charge is 0.388 e. The number of rotatable bonds is 9. The number of aliphatic hydroxyl groups excluding tert-OH is 3. The van der Waals surface area contributed by atoms with Crippen molar-refractivity contribution in [3.05, 3.63) is 70.4 Å². The monoisotopic (exact) mass is 528 g/mol. The fraction of sp³-hybridized carbons (Fsp3) is 0.464. The molecule has 1 aliphatic carbocycles. The highest BCUT2D eigenvalue weighted by Gasteiger charge is 2.44. The van der Waals surface area contributed by atoms with Crippen LogP contribution < -0.4 is 5.32 Å². The van der Waals surface area contributed by atoms with E-state index in [-0.39, 0.29) is 0 Å². The predicted molar refractivity (Wildman–Crippen MR) is 146 cm³/mol. The first-order chi connectivity index (χ1) is 17.4. The van der Waals surface area contributed by atoms with Gasteiger partial charge in [-0.15, -0.1) is 0 Å². The summed E-state index contributed by atoms with van der Waals surface area (Å²) in [7, 11) is 0. The third kappa shape index (κ3) is 5.24. The predicted octanol–water partition coefficient (Wildman–Crippen LogP) is 4.11. The molecule has 0 bridgehead atoms. The van der Waals surface area contributed by atoms with Crippen molar-refractivity contribution in [2.24, 2.45) is 0 Å². The molecule has 2 heterocycles. The van der Waals surface area contributed by atoms with Crippen molar-refractivity contribution >= 4 is 39.6 Å². The molecule has 6 nitrogen and oxygen atoms in total. The van der Waals surface area contributed by atoms with Crippen molar-refractivity contribution in [2.75, 3.05) is 13.1 Å². The molecule has 1 saturated carbocycles. The molecule has 5 atom stereocenters. The molecule has 2 fully saturated rings. The van der Waals surface area contributed by atoms with E-state index < -0.39 is 30.6 Å². The molecule has 3 aromatic rings. The standard InChI is InChI=1S/C28H33ClN2O4S/c1-2-20(36)13-30-14-23-25(32)26(33)27(34)28(35-23)31-15-19(24-21(29)4-3-5-22(24)31)12-16-6-8-17(9-7-16)18-10-11-18/h3-9,15,18,23,25-28,30,32-34H,2,10-14H2,1H3/t23-,25-,26+,27-,28-/m1/s1. The smallest absolute Gasteiger partial charge is 0.163 e. The topological polar surface area (TPSA) is 86.9 Å². The second-order valence-electron chi connectivity index (χ2n) is 9.95. The molecule has 192 valence electrons. The van der Waals surface area contributed by atoms with E-state index in [2.05, 4.69) is 29.6 Å². The summed E-state index contributed by atoms with van der Waals surface area (Å²) >= 11 is 11.9. The highest BCUT2D eigenvalue weighted by atomic mass is 35.5. The molecule has 0 unspecified atom stereocenters. The van der Waals surface area contributed by atoms with Gasteiger partial charge in [0.15, 0.2) is 6.23 Å². The zero-order valence-corrected chi connectivity index (χ0v) is 21.9. The molecule has 5 rings (SSSR count). The normalized spacial score (nSPS) is 26.4. The molecule has 1 aromatic heterocycles. The van der Waals surface area contributed by atoms with Gasteiger partial charge in [0.05, 0.1) is 10.5 Å². The van der Waals surface area contributed by atoms with E-state index in [4.69, 9.17) is 28.6 Å². The van der Waals surface area contributed by atoms with Crippen LogP contribution in [0, 0.1) is 0 Å². The van der Waals surface area contributed by atoms with Gasteiger partial charge in [0.25, 0.3) is 0 Å². The van der Waals surface area contributed by atoms with Crippen LogP contribution in [-0.2, 0) is 11.2 Å². The van der Waals surface area contributed by atoms with E-state index in [1.54, 1.807) is 0 Å². The molecular weight excluding hydrogens is 496 g/mol. The van der Waals surface area contributed by atoms with Crippen molar-refractivity contribution in [1.82, 2.24) is 9.88 Å². The number of nitrogens with zero attached hydrogens (tertiary/aromatic N) is 1. The fourth-order valence-electron chi connectivity index (χ4n) is 5.05. The third-order valence-corrected chi connectivity index (χ3v) is 8.08. The minimum Gasteiger partial charge on any atom is -0.388 e. The summed E-state index contributed by atoms with van der Waals surface area (Å²) in [5, 5.41) is 36.9. The number of hydrogen-bond acceptors (Lipinski definition) is 6. The van der Waals surface area contributed by atoms with Crippen LogP contribution >= 0.6 is 23.8 Å². The van der Waals surface area contributed by atoms with Gasteiger partial charge in [-0.3, -0.25) is 0 Å². The Morgan fingerprint density at radius 1 is 1.08 bits per heavy atom. The zero-order valence-electron chi connectivity index (χ0n) is 20.3. The van der Waals surface area contributed by atoms with Crippen LogP contribution in [0.1, 0.15) is 55.0 Å². The maximum absolute atomic E-state index is 10.9. The minimum atomic E-state index is -1.36. The van der Waals surface area contributed by atoms with E-state index >= 15 is 0 Å². The number of hydrogen-bond donors (Lipinski definition) is 4. The first-order valence-corrected chi connectivity index (χ1v) is 13.4. The molecule has 2 aliphatic rings. The van der Waals surface area contributed by atoms with Gasteiger partial charge < -0.3 is 29.9 Å². The maximum Gasteiger partial charge on any atom is 0.163 e. The second kappa shape index (κ2) is 10.9. The van der Waals surface area contributed by atoms with Crippen LogP contribution in [0.15, 0.2) is 48.7 Å². The number of ether oxygens (including phenoxy) is 1. The van der Waals surface area contributed by atoms with Crippen LogP contribution in [-0.4, -0.2) is 62.3 Å². The number of fused-ring (bicyclic) bond motifs is 1. The SMILES string of the molecule is CCC(=S)CNC[C@H]1O[C@@H](n2cc(Cc3ccc(C4CC4)cc3)c3c(Cl)cccc32)[C@H](O)[C@@H](O)[C@@H]1O. The van der Waals surface area contributed by atoms with Gasteiger partial charge in [0.1, 0.15) is 24.4 Å². The zero-order chi connectivity index (χ0) is 25.4. The fourth-order valence-corrected chi connectivity index (χ4v) is 5.44. The van der Waals surface area contributed by atoms with Crippen molar-refractivity contribution in [3.63, 3.8) is 0 Å². The van der Waals surface area contributed by atoms with Crippen molar-refractivity contribution in [2.45, 2.75) is 69.2 Å². The molecule has 4 N–H and O–H groups in total. The molecular formula is C28H33ClN2O4S. The van der Waals surface area contributed by atoms with Gasteiger partial charge in [-0.25, -0.2) is 0 Å². The number of nitrogens with one attached hydrogen (secondary N) is 1. The van der Waals surface area contributed by atoms with E-state index in [1.807, 2.05) is 35.9 Å². The average molecular weight is 529 g/mol. The molecule has 8 heteroatoms. The van der Waals surface area contributed by atoms with Crippen LogP contribution in [0.5, 0.6) is 0 Å². The van der Waals surface area contributed by atoms with Gasteiger partial charge in [0.2, 0.25) is 0 Å². The maximum atomic E-state index is 10.9. The highest BCUT2D eigenvalue weighted by Crippen LogP contribution is 2.40. The number of aliphatic hydroxyl groups is 3. The van der Waals surface area contributed by atoms with Crippen LogP contribution in [0.25, 0.3) is 10.9 Å². The third-order valence-electron chi connectivity index (χ3n) is 7.33. The van der Waals surface area contributed by atoms with E-state index in [0.29, 0.717) is 30.5 Å². The van der Waals surface area contributed by atoms with Gasteiger partial charge in [0, 0.05) is 29.5 Å². The summed E-state index contributed by atoms with van der Waals surface area (Å²) in [6.45, 7) is 2.81. The Kier molecular flexibility index (Phi) is 7.79. The Hall–Kier alpha value is -1.84. The molecule has 0 radical (unpaired) electrons. The first kappa shape index (κ1) is 25.8. The summed E-state index contributed by atoms with van der Waals surface area (Å²) in [5.74, 6) is 0.710. The lowest BCUT2D eigenvalue weighted by Gasteiger charge is -2.41. The van der Waals surface area contributed by atoms with E-state index in [0.717, 1.165) is 27.8 Å². The van der Waals surface area contributed by atoms with E-state index in [1.165, 1.54) is 24.0 Å². The summed E-state index contributed by atoms with van der Waals surface area (Å²) in [4.78, 5) is 0.873. The Balaban J connectivity index is 1.43. The average Bonchev–Trinajstić information content (AvgIpc) is 3.67. The Bertz CT molecular complexity index is 1230. The molecule has 0 amide bonds. The summed E-state index contributed by atoms with van der Waals surface area (Å²) < 4.78 is 8.03. The molecule has 1 saturated heterocycles. The van der Waals surface area contributed by atoms with Gasteiger partial charge in [-0.05, 0) is 60.4 Å². The molecule has 0 spiro atoms. The number of aromatic nitrogens is 1. The first-order valence-electron chi connectivity index (χ1n) is 12.7.